The third-order valence-corrected chi connectivity index (χ3v) is 12.6. The summed E-state index contributed by atoms with van der Waals surface area (Å²) in [5.74, 6) is -2.87. The van der Waals surface area contributed by atoms with Gasteiger partial charge in [0.2, 0.25) is 0 Å². The molecule has 0 amide bonds. The van der Waals surface area contributed by atoms with E-state index in [1.54, 1.807) is 27.7 Å². The van der Waals surface area contributed by atoms with Crippen molar-refractivity contribution in [1.82, 2.24) is 9.80 Å². The van der Waals surface area contributed by atoms with Crippen molar-refractivity contribution in [3.05, 3.63) is 0 Å². The highest BCUT2D eigenvalue weighted by molar-refractivity contribution is 5.73. The van der Waals surface area contributed by atoms with E-state index in [2.05, 4.69) is 0 Å². The first-order valence-electron chi connectivity index (χ1n) is 19.0. The topological polar surface area (TPSA) is 171 Å². The zero-order chi connectivity index (χ0) is 39.0. The minimum Gasteiger partial charge on any atom is -0.459 e. The van der Waals surface area contributed by atoms with Crippen molar-refractivity contribution in [1.29, 1.82) is 0 Å². The molecule has 0 saturated carbocycles. The Hall–Kier alpha value is -0.970. The molecule has 13 nitrogen and oxygen atoms in total. The summed E-state index contributed by atoms with van der Waals surface area (Å²) in [6.45, 7) is 18.5. The van der Waals surface area contributed by atoms with Crippen LogP contribution in [0.1, 0.15) is 94.9 Å². The number of hydrogen-bond acceptors (Lipinski definition) is 13. The summed E-state index contributed by atoms with van der Waals surface area (Å²) in [4.78, 5) is 18.2. The standard InChI is InChI=1S/C38H72N2O11/c1-15-28-38(10,46)31(42)24(6)40(13)19-20(2)17-36(8,45)33(51-35-30(41)26(39(11)12)16-21(3)48-35)22(4)29(23(5)34(44)50-28)27-18-37(9,47-14)32(43)25(7)49-27/h20-33,35,41-43,45-46H,15-19H2,1-14H3/t20-,21-,22+,23-,24-,25+,26+,27?,28-,29+,30?,31-,32+,33-,35+,36-,37-,38-/m1/s1. The molecule has 3 aliphatic heterocycles. The number of hydrogen-bond donors (Lipinski definition) is 5. The van der Waals surface area contributed by atoms with Crippen LogP contribution in [0.3, 0.4) is 0 Å². The normalized spacial score (nSPS) is 50.4. The Balaban J connectivity index is 2.23. The third-order valence-electron chi connectivity index (χ3n) is 12.6. The molecule has 3 heterocycles. The molecular formula is C38H72N2O11. The maximum Gasteiger partial charge on any atom is 0.309 e. The monoisotopic (exact) mass is 733 g/mol. The molecule has 13 heteroatoms. The van der Waals surface area contributed by atoms with Gasteiger partial charge in [-0.2, -0.15) is 0 Å². The van der Waals surface area contributed by atoms with E-state index in [0.29, 0.717) is 13.0 Å². The molecule has 3 saturated heterocycles. The molecule has 0 aromatic carbocycles. The van der Waals surface area contributed by atoms with Crippen LogP contribution in [0.2, 0.25) is 0 Å². The van der Waals surface area contributed by atoms with E-state index in [1.165, 1.54) is 14.0 Å². The lowest BCUT2D eigenvalue weighted by molar-refractivity contribution is -0.302. The van der Waals surface area contributed by atoms with E-state index in [1.807, 2.05) is 65.6 Å². The Morgan fingerprint density at radius 1 is 0.961 bits per heavy atom. The summed E-state index contributed by atoms with van der Waals surface area (Å²) in [7, 11) is 7.19. The molecule has 0 spiro atoms. The van der Waals surface area contributed by atoms with Gasteiger partial charge in [-0.1, -0.05) is 27.7 Å². The first kappa shape index (κ1) is 44.4. The summed E-state index contributed by atoms with van der Waals surface area (Å²) in [6.07, 6.45) is -6.51. The first-order valence-corrected chi connectivity index (χ1v) is 19.0. The van der Waals surface area contributed by atoms with E-state index in [4.69, 9.17) is 23.7 Å². The quantitative estimate of drug-likeness (QED) is 0.252. The molecule has 2 unspecified atom stereocenters. The Morgan fingerprint density at radius 2 is 1.57 bits per heavy atom. The zero-order valence-electron chi connectivity index (χ0n) is 33.8. The van der Waals surface area contributed by atoms with Crippen LogP contribution in [0.15, 0.2) is 0 Å². The molecule has 51 heavy (non-hydrogen) atoms. The maximum absolute atomic E-state index is 14.3. The van der Waals surface area contributed by atoms with Gasteiger partial charge in [0.1, 0.15) is 30.0 Å². The van der Waals surface area contributed by atoms with Crippen LogP contribution < -0.4 is 0 Å². The molecule has 0 aliphatic carbocycles. The second-order valence-electron chi connectivity index (χ2n) is 17.3. The molecule has 3 fully saturated rings. The number of likely N-dealkylation sites (N-methyl/N-ethyl adjacent to an activating group) is 2. The number of cyclic esters (lactones) is 1. The Kier molecular flexibility index (Phi) is 15.0. The molecule has 0 aromatic rings. The molecule has 5 N–H and O–H groups in total. The number of nitrogens with zero attached hydrogens (tertiary/aromatic N) is 2. The average molecular weight is 733 g/mol. The molecule has 0 radical (unpaired) electrons. The average Bonchev–Trinajstić information content (AvgIpc) is 3.03. The molecule has 18 atom stereocenters. The molecule has 3 rings (SSSR count). The molecule has 3 aliphatic rings. The largest absolute Gasteiger partial charge is 0.459 e. The van der Waals surface area contributed by atoms with Crippen LogP contribution in [-0.4, -0.2) is 160 Å². The summed E-state index contributed by atoms with van der Waals surface area (Å²) < 4.78 is 31.5. The highest BCUT2D eigenvalue weighted by Gasteiger charge is 2.55. The van der Waals surface area contributed by atoms with Crippen LogP contribution in [0.25, 0.3) is 0 Å². The Morgan fingerprint density at radius 3 is 2.12 bits per heavy atom. The highest BCUT2D eigenvalue weighted by Crippen LogP contribution is 2.44. The van der Waals surface area contributed by atoms with Crippen molar-refractivity contribution in [2.45, 2.75) is 179 Å². The maximum atomic E-state index is 14.3. The molecule has 0 bridgehead atoms. The fourth-order valence-electron chi connectivity index (χ4n) is 9.28. The summed E-state index contributed by atoms with van der Waals surface area (Å²) in [5, 5.41) is 58.5. The third kappa shape index (κ3) is 9.65. The van der Waals surface area contributed by atoms with Gasteiger partial charge in [-0.3, -0.25) is 4.79 Å². The summed E-state index contributed by atoms with van der Waals surface area (Å²) in [5.41, 5.74) is -4.29. The van der Waals surface area contributed by atoms with Crippen LogP contribution in [0, 0.1) is 23.7 Å². The fourth-order valence-corrected chi connectivity index (χ4v) is 9.28. The minimum atomic E-state index is -1.78. The van der Waals surface area contributed by atoms with Gasteiger partial charge in [-0.15, -0.1) is 0 Å². The van der Waals surface area contributed by atoms with E-state index in [9.17, 15) is 30.3 Å². The van der Waals surface area contributed by atoms with Crippen molar-refractivity contribution < 1.29 is 54.0 Å². The number of aliphatic hydroxyl groups excluding tert-OH is 3. The first-order chi connectivity index (χ1) is 23.4. The van der Waals surface area contributed by atoms with E-state index in [-0.39, 0.29) is 37.3 Å². The van der Waals surface area contributed by atoms with Crippen LogP contribution in [0.4, 0.5) is 0 Å². The number of rotatable bonds is 6. The van der Waals surface area contributed by atoms with E-state index < -0.39 is 95.6 Å². The lowest BCUT2D eigenvalue weighted by Gasteiger charge is -2.51. The van der Waals surface area contributed by atoms with Gasteiger partial charge < -0.3 is 59.0 Å². The SMILES string of the molecule is CC[C@H]1OC(=O)[C@H](C)[C@@H](C2C[C@@](C)(OC)[C@@H](O)[C@H](C)O2)[C@H](C)[C@@H](O[C@@H]2O[C@H](C)C[C@H](N(C)C)C2O)[C@](C)(O)C[C@@H](C)CN(C)[C@H](C)[C@@H](O)[C@]1(C)O. The minimum absolute atomic E-state index is 0.118. The van der Waals surface area contributed by atoms with Crippen molar-refractivity contribution in [2.75, 3.05) is 34.8 Å². The van der Waals surface area contributed by atoms with Gasteiger partial charge in [-0.25, -0.2) is 0 Å². The lowest BCUT2D eigenvalue weighted by atomic mass is 9.68. The van der Waals surface area contributed by atoms with Crippen molar-refractivity contribution >= 4 is 5.97 Å². The number of esters is 1. The van der Waals surface area contributed by atoms with E-state index in [0.717, 1.165) is 0 Å². The van der Waals surface area contributed by atoms with Crippen LogP contribution in [-0.2, 0) is 28.5 Å². The van der Waals surface area contributed by atoms with Gasteiger partial charge in [0.15, 0.2) is 6.29 Å². The lowest BCUT2D eigenvalue weighted by Crippen LogP contribution is -2.61. The van der Waals surface area contributed by atoms with Crippen molar-refractivity contribution in [2.24, 2.45) is 23.7 Å². The van der Waals surface area contributed by atoms with Crippen molar-refractivity contribution in [3.8, 4) is 0 Å². The van der Waals surface area contributed by atoms with Gasteiger partial charge in [-0.05, 0) is 93.8 Å². The predicted molar refractivity (Wildman–Crippen MR) is 193 cm³/mol. The number of aliphatic hydroxyl groups is 5. The molecule has 300 valence electrons. The molecule has 0 aromatic heterocycles. The second kappa shape index (κ2) is 17.2. The number of carbonyl (C=O) groups excluding carboxylic acids is 1. The predicted octanol–water partition coefficient (Wildman–Crippen LogP) is 2.17. The van der Waals surface area contributed by atoms with Gasteiger partial charge in [0.25, 0.3) is 0 Å². The Bertz CT molecular complexity index is 1130. The van der Waals surface area contributed by atoms with E-state index >= 15 is 0 Å². The summed E-state index contributed by atoms with van der Waals surface area (Å²) >= 11 is 0. The molecular weight excluding hydrogens is 660 g/mol. The van der Waals surface area contributed by atoms with Gasteiger partial charge in [0, 0.05) is 38.1 Å². The second-order valence-corrected chi connectivity index (χ2v) is 17.3. The Labute approximate surface area is 306 Å². The highest BCUT2D eigenvalue weighted by atomic mass is 16.7. The number of methoxy groups -OCH3 is 1. The zero-order valence-corrected chi connectivity index (χ0v) is 33.8. The smallest absolute Gasteiger partial charge is 0.309 e. The number of ether oxygens (including phenoxy) is 5. The van der Waals surface area contributed by atoms with Crippen molar-refractivity contribution in [3.63, 3.8) is 0 Å². The van der Waals surface area contributed by atoms with Gasteiger partial charge in [0.05, 0.1) is 41.5 Å². The van der Waals surface area contributed by atoms with Gasteiger partial charge >= 0.3 is 5.97 Å². The summed E-state index contributed by atoms with van der Waals surface area (Å²) in [6, 6.07) is -0.774. The number of carbonyl (C=O) groups is 1. The fraction of sp³-hybridized carbons (Fsp3) is 0.974. The van der Waals surface area contributed by atoms with Crippen LogP contribution in [0.5, 0.6) is 0 Å². The van der Waals surface area contributed by atoms with Crippen LogP contribution >= 0.6 is 0 Å².